The van der Waals surface area contributed by atoms with Gasteiger partial charge in [0.15, 0.2) is 0 Å². The summed E-state index contributed by atoms with van der Waals surface area (Å²) in [4.78, 5) is 32.6. The number of urea groups is 1. The van der Waals surface area contributed by atoms with Gasteiger partial charge >= 0.3 is 6.03 Å². The van der Waals surface area contributed by atoms with Gasteiger partial charge in [-0.1, -0.05) is 29.3 Å². The number of carbonyl (C=O) groups is 2. The molecule has 1 aromatic carbocycles. The highest BCUT2D eigenvalue weighted by Crippen LogP contribution is 2.27. The van der Waals surface area contributed by atoms with Crippen molar-refractivity contribution in [1.29, 1.82) is 0 Å². The number of halogens is 2. The van der Waals surface area contributed by atoms with Crippen LogP contribution in [0.3, 0.4) is 0 Å². The monoisotopic (exact) mass is 435 g/mol. The molecule has 3 rings (SSSR count). The third-order valence-electron chi connectivity index (χ3n) is 4.76. The number of nitrogens with one attached hydrogen (secondary N) is 2. The molecule has 3 amide bonds. The predicted octanol–water partition coefficient (Wildman–Crippen LogP) is 2.92. The molecule has 9 heteroatoms. The quantitative estimate of drug-likeness (QED) is 0.756. The van der Waals surface area contributed by atoms with E-state index in [1.807, 2.05) is 24.3 Å². The molecule has 0 saturated carbocycles. The molecular formula is C20H23Cl2N5O2. The second-order valence-corrected chi connectivity index (χ2v) is 7.64. The summed E-state index contributed by atoms with van der Waals surface area (Å²) >= 11 is 12.1. The SMILES string of the molecule is C[C@@H](NC(=O)N1CCN(c2ccc(Cl)c(Cl)c2)CC1)C(=O)NCc1cccnc1. The Morgan fingerprint density at radius 1 is 1.14 bits per heavy atom. The fourth-order valence-electron chi connectivity index (χ4n) is 3.04. The second-order valence-electron chi connectivity index (χ2n) is 6.82. The van der Waals surface area contributed by atoms with Crippen molar-refractivity contribution in [2.24, 2.45) is 0 Å². The fourth-order valence-corrected chi connectivity index (χ4v) is 3.33. The van der Waals surface area contributed by atoms with Gasteiger partial charge in [0.1, 0.15) is 6.04 Å². The number of pyridine rings is 1. The largest absolute Gasteiger partial charge is 0.368 e. The maximum atomic E-state index is 12.5. The molecule has 1 fully saturated rings. The van der Waals surface area contributed by atoms with Crippen molar-refractivity contribution in [3.05, 3.63) is 58.3 Å². The number of carbonyl (C=O) groups excluding carboxylic acids is 2. The van der Waals surface area contributed by atoms with Crippen LogP contribution in [0.2, 0.25) is 10.0 Å². The second kappa shape index (κ2) is 9.80. The Hall–Kier alpha value is -2.51. The van der Waals surface area contributed by atoms with Gasteiger partial charge in [-0.2, -0.15) is 0 Å². The van der Waals surface area contributed by atoms with Crippen LogP contribution in [0.15, 0.2) is 42.7 Å². The third-order valence-corrected chi connectivity index (χ3v) is 5.50. The summed E-state index contributed by atoms with van der Waals surface area (Å²) in [5, 5.41) is 6.59. The van der Waals surface area contributed by atoms with Crippen LogP contribution in [0.5, 0.6) is 0 Å². The summed E-state index contributed by atoms with van der Waals surface area (Å²) in [7, 11) is 0. The molecule has 29 heavy (non-hydrogen) atoms. The number of anilines is 1. The van der Waals surface area contributed by atoms with Crippen molar-refractivity contribution < 1.29 is 9.59 Å². The summed E-state index contributed by atoms with van der Waals surface area (Å²) in [6.45, 7) is 4.49. The van der Waals surface area contributed by atoms with Gasteiger partial charge in [-0.3, -0.25) is 9.78 Å². The topological polar surface area (TPSA) is 77.6 Å². The van der Waals surface area contributed by atoms with Crippen LogP contribution in [-0.4, -0.2) is 54.0 Å². The standard InChI is InChI=1S/C20H23Cl2N5O2/c1-14(19(28)24-13-15-3-2-6-23-12-15)25-20(29)27-9-7-26(8-10-27)16-4-5-17(21)18(22)11-16/h2-6,11-12,14H,7-10,13H2,1H3,(H,24,28)(H,25,29)/t14-/m1/s1. The lowest BCUT2D eigenvalue weighted by Gasteiger charge is -2.36. The Labute approximate surface area is 180 Å². The fraction of sp³-hybridized carbons (Fsp3) is 0.350. The van der Waals surface area contributed by atoms with Gasteiger partial charge in [-0.05, 0) is 36.8 Å². The van der Waals surface area contributed by atoms with E-state index in [-0.39, 0.29) is 11.9 Å². The number of hydrogen-bond acceptors (Lipinski definition) is 4. The van der Waals surface area contributed by atoms with Crippen LogP contribution in [0.25, 0.3) is 0 Å². The minimum Gasteiger partial charge on any atom is -0.368 e. The minimum absolute atomic E-state index is 0.239. The van der Waals surface area contributed by atoms with Gasteiger partial charge in [-0.15, -0.1) is 0 Å². The molecular weight excluding hydrogens is 413 g/mol. The normalized spacial score (nSPS) is 15.0. The van der Waals surface area contributed by atoms with Gasteiger partial charge in [0.2, 0.25) is 5.91 Å². The molecule has 154 valence electrons. The minimum atomic E-state index is -0.632. The van der Waals surface area contributed by atoms with Crippen molar-refractivity contribution in [1.82, 2.24) is 20.5 Å². The molecule has 1 atom stereocenters. The Balaban J connectivity index is 1.45. The Morgan fingerprint density at radius 2 is 1.90 bits per heavy atom. The summed E-state index contributed by atoms with van der Waals surface area (Å²) in [5.74, 6) is -0.239. The van der Waals surface area contributed by atoms with Gasteiger partial charge in [0.25, 0.3) is 0 Å². The van der Waals surface area contributed by atoms with Gasteiger partial charge in [0.05, 0.1) is 10.0 Å². The van der Waals surface area contributed by atoms with Gasteiger partial charge < -0.3 is 20.4 Å². The van der Waals surface area contributed by atoms with Crippen LogP contribution in [0.4, 0.5) is 10.5 Å². The number of rotatable bonds is 5. The zero-order valence-corrected chi connectivity index (χ0v) is 17.6. The first kappa shape index (κ1) is 21.2. The highest BCUT2D eigenvalue weighted by Gasteiger charge is 2.24. The molecule has 2 heterocycles. The lowest BCUT2D eigenvalue weighted by Crippen LogP contribution is -2.55. The third kappa shape index (κ3) is 5.74. The van der Waals surface area contributed by atoms with Crippen molar-refractivity contribution in [3.8, 4) is 0 Å². The number of piperazine rings is 1. The Kier molecular flexibility index (Phi) is 7.17. The van der Waals surface area contributed by atoms with E-state index in [0.29, 0.717) is 42.8 Å². The van der Waals surface area contributed by atoms with E-state index in [0.717, 1.165) is 11.3 Å². The molecule has 7 nitrogen and oxygen atoms in total. The zero-order valence-electron chi connectivity index (χ0n) is 16.1. The molecule has 1 aliphatic rings. The summed E-state index contributed by atoms with van der Waals surface area (Å²) in [6.07, 6.45) is 3.37. The first-order valence-corrected chi connectivity index (χ1v) is 10.1. The number of benzene rings is 1. The maximum absolute atomic E-state index is 12.5. The lowest BCUT2D eigenvalue weighted by atomic mass is 10.2. The van der Waals surface area contributed by atoms with Crippen molar-refractivity contribution in [3.63, 3.8) is 0 Å². The maximum Gasteiger partial charge on any atom is 0.318 e. The van der Waals surface area contributed by atoms with Crippen LogP contribution in [0.1, 0.15) is 12.5 Å². The molecule has 0 spiro atoms. The highest BCUT2D eigenvalue weighted by molar-refractivity contribution is 6.42. The van der Waals surface area contributed by atoms with Crippen molar-refractivity contribution in [2.75, 3.05) is 31.1 Å². The highest BCUT2D eigenvalue weighted by atomic mass is 35.5. The molecule has 1 saturated heterocycles. The predicted molar refractivity (Wildman–Crippen MR) is 114 cm³/mol. The van der Waals surface area contributed by atoms with Crippen LogP contribution in [0, 0.1) is 0 Å². The van der Waals surface area contributed by atoms with Crippen molar-refractivity contribution in [2.45, 2.75) is 19.5 Å². The van der Waals surface area contributed by atoms with Crippen LogP contribution in [-0.2, 0) is 11.3 Å². The Morgan fingerprint density at radius 3 is 2.55 bits per heavy atom. The smallest absolute Gasteiger partial charge is 0.318 e. The van der Waals surface area contributed by atoms with Gasteiger partial charge in [0, 0.05) is 50.8 Å². The number of hydrogen-bond donors (Lipinski definition) is 2. The van der Waals surface area contributed by atoms with E-state index in [4.69, 9.17) is 23.2 Å². The average molecular weight is 436 g/mol. The van der Waals surface area contributed by atoms with E-state index in [9.17, 15) is 9.59 Å². The van der Waals surface area contributed by atoms with Crippen LogP contribution >= 0.6 is 23.2 Å². The molecule has 1 aromatic heterocycles. The molecule has 2 N–H and O–H groups in total. The first-order valence-electron chi connectivity index (χ1n) is 9.36. The first-order chi connectivity index (χ1) is 13.9. The zero-order chi connectivity index (χ0) is 20.8. The number of amides is 3. The van der Waals surface area contributed by atoms with E-state index < -0.39 is 6.04 Å². The number of aromatic nitrogens is 1. The summed E-state index contributed by atoms with van der Waals surface area (Å²) < 4.78 is 0. The summed E-state index contributed by atoms with van der Waals surface area (Å²) in [5.41, 5.74) is 1.88. The average Bonchev–Trinajstić information content (AvgIpc) is 2.74. The number of nitrogens with zero attached hydrogens (tertiary/aromatic N) is 3. The van der Waals surface area contributed by atoms with Gasteiger partial charge in [-0.25, -0.2) is 4.79 Å². The molecule has 1 aliphatic heterocycles. The van der Waals surface area contributed by atoms with Crippen molar-refractivity contribution >= 4 is 40.8 Å². The molecule has 2 aromatic rings. The molecule has 0 radical (unpaired) electrons. The Bertz CT molecular complexity index is 857. The van der Waals surface area contributed by atoms with E-state index in [2.05, 4.69) is 20.5 Å². The molecule has 0 aliphatic carbocycles. The van der Waals surface area contributed by atoms with Crippen LogP contribution < -0.4 is 15.5 Å². The van der Waals surface area contributed by atoms with E-state index in [1.54, 1.807) is 30.3 Å². The molecule has 0 bridgehead atoms. The van der Waals surface area contributed by atoms with E-state index >= 15 is 0 Å². The molecule has 0 unspecified atom stereocenters. The van der Waals surface area contributed by atoms with E-state index in [1.165, 1.54) is 0 Å². The summed E-state index contributed by atoms with van der Waals surface area (Å²) in [6, 6.07) is 8.32. The lowest BCUT2D eigenvalue weighted by molar-refractivity contribution is -0.122.